The Balaban J connectivity index is 1.96. The van der Waals surface area contributed by atoms with E-state index in [1.54, 1.807) is 0 Å². The molecular weight excluding hydrogens is 244 g/mol. The highest BCUT2D eigenvalue weighted by Gasteiger charge is 2.32. The van der Waals surface area contributed by atoms with Crippen molar-refractivity contribution in [3.8, 4) is 0 Å². The Labute approximate surface area is 126 Å². The summed E-state index contributed by atoms with van der Waals surface area (Å²) in [5.74, 6) is 2.59. The van der Waals surface area contributed by atoms with Crippen LogP contribution in [-0.4, -0.2) is 37.1 Å². The van der Waals surface area contributed by atoms with Crippen molar-refractivity contribution in [2.75, 3.05) is 20.1 Å². The van der Waals surface area contributed by atoms with Gasteiger partial charge in [0.25, 0.3) is 0 Å². The van der Waals surface area contributed by atoms with Gasteiger partial charge in [-0.2, -0.15) is 0 Å². The van der Waals surface area contributed by atoms with Crippen LogP contribution in [0.3, 0.4) is 0 Å². The van der Waals surface area contributed by atoms with E-state index in [1.807, 2.05) is 0 Å². The normalized spacial score (nSPS) is 32.4. The quantitative estimate of drug-likeness (QED) is 0.793. The summed E-state index contributed by atoms with van der Waals surface area (Å²) in [5.41, 5.74) is 0. The summed E-state index contributed by atoms with van der Waals surface area (Å²) in [5, 5.41) is 3.60. The monoisotopic (exact) mass is 280 g/mol. The van der Waals surface area contributed by atoms with Gasteiger partial charge in [-0.1, -0.05) is 33.6 Å². The van der Waals surface area contributed by atoms with Crippen LogP contribution >= 0.6 is 0 Å². The maximum atomic E-state index is 3.60. The first-order chi connectivity index (χ1) is 9.60. The highest BCUT2D eigenvalue weighted by molar-refractivity contribution is 4.87. The van der Waals surface area contributed by atoms with Crippen LogP contribution in [0, 0.1) is 17.8 Å². The van der Waals surface area contributed by atoms with Gasteiger partial charge in [0.2, 0.25) is 0 Å². The number of hydrogen-bond donors (Lipinski definition) is 1. The molecule has 0 aromatic carbocycles. The summed E-state index contributed by atoms with van der Waals surface area (Å²) in [6, 6.07) is 1.63. The van der Waals surface area contributed by atoms with E-state index in [4.69, 9.17) is 0 Å². The Morgan fingerprint density at radius 3 is 2.40 bits per heavy atom. The average Bonchev–Trinajstić information content (AvgIpc) is 2.91. The third-order valence-electron chi connectivity index (χ3n) is 5.53. The zero-order chi connectivity index (χ0) is 14.5. The fourth-order valence-corrected chi connectivity index (χ4v) is 4.49. The maximum absolute atomic E-state index is 3.60. The van der Waals surface area contributed by atoms with Gasteiger partial charge >= 0.3 is 0 Å². The lowest BCUT2D eigenvalue weighted by molar-refractivity contribution is 0.106. The largest absolute Gasteiger partial charge is 0.317 e. The summed E-state index contributed by atoms with van der Waals surface area (Å²) in [7, 11) is 2.16. The summed E-state index contributed by atoms with van der Waals surface area (Å²) in [6.45, 7) is 9.83. The summed E-state index contributed by atoms with van der Waals surface area (Å²) in [4.78, 5) is 2.85. The first kappa shape index (κ1) is 16.3. The van der Waals surface area contributed by atoms with Gasteiger partial charge in [-0.25, -0.2) is 0 Å². The van der Waals surface area contributed by atoms with E-state index >= 15 is 0 Å². The minimum Gasteiger partial charge on any atom is -0.317 e. The second-order valence-electron chi connectivity index (χ2n) is 7.86. The third kappa shape index (κ3) is 4.46. The van der Waals surface area contributed by atoms with Crippen molar-refractivity contribution in [3.05, 3.63) is 0 Å². The molecule has 0 aromatic rings. The average molecular weight is 280 g/mol. The van der Waals surface area contributed by atoms with Crippen LogP contribution in [0.5, 0.6) is 0 Å². The lowest BCUT2D eigenvalue weighted by Gasteiger charge is -2.40. The number of rotatable bonds is 6. The molecule has 2 fully saturated rings. The first-order valence-corrected chi connectivity index (χ1v) is 9.01. The third-order valence-corrected chi connectivity index (χ3v) is 5.53. The minimum atomic E-state index is 0.752. The van der Waals surface area contributed by atoms with Crippen LogP contribution in [0.2, 0.25) is 0 Å². The van der Waals surface area contributed by atoms with E-state index in [-0.39, 0.29) is 0 Å². The van der Waals surface area contributed by atoms with Gasteiger partial charge in [0, 0.05) is 25.2 Å². The topological polar surface area (TPSA) is 15.3 Å². The van der Waals surface area contributed by atoms with Gasteiger partial charge in [0.05, 0.1) is 0 Å². The van der Waals surface area contributed by atoms with Gasteiger partial charge in [-0.3, -0.25) is 4.90 Å². The molecule has 3 atom stereocenters. The lowest BCUT2D eigenvalue weighted by Crippen LogP contribution is -2.47. The second-order valence-corrected chi connectivity index (χ2v) is 7.86. The van der Waals surface area contributed by atoms with Crippen molar-refractivity contribution in [2.24, 2.45) is 17.8 Å². The predicted octanol–water partition coefficient (Wildman–Crippen LogP) is 3.91. The highest BCUT2D eigenvalue weighted by atomic mass is 15.2. The number of hydrogen-bond acceptors (Lipinski definition) is 2. The fraction of sp³-hybridized carbons (Fsp3) is 1.00. The van der Waals surface area contributed by atoms with E-state index < -0.39 is 0 Å². The van der Waals surface area contributed by atoms with Crippen LogP contribution in [0.25, 0.3) is 0 Å². The zero-order valence-corrected chi connectivity index (χ0v) is 14.2. The Morgan fingerprint density at radius 2 is 1.80 bits per heavy atom. The molecule has 20 heavy (non-hydrogen) atoms. The number of nitrogens with zero attached hydrogens (tertiary/aromatic N) is 1. The molecule has 0 spiro atoms. The molecule has 0 aromatic heterocycles. The standard InChI is InChI=1S/C18H36N2/c1-14(2)12-20(17-7-5-6-8-17)13-16-11-15(3)9-10-18(16)19-4/h14-19H,5-13H2,1-4H3. The Kier molecular flexibility index (Phi) is 6.35. The molecule has 0 amide bonds. The molecule has 0 heterocycles. The summed E-state index contributed by atoms with van der Waals surface area (Å²) in [6.07, 6.45) is 10.0. The number of nitrogens with one attached hydrogen (secondary N) is 1. The Morgan fingerprint density at radius 1 is 1.10 bits per heavy atom. The van der Waals surface area contributed by atoms with Crippen molar-refractivity contribution >= 4 is 0 Å². The molecule has 0 aliphatic heterocycles. The molecule has 3 unspecified atom stereocenters. The van der Waals surface area contributed by atoms with Crippen LogP contribution < -0.4 is 5.32 Å². The molecule has 2 saturated carbocycles. The van der Waals surface area contributed by atoms with Crippen molar-refractivity contribution < 1.29 is 0 Å². The van der Waals surface area contributed by atoms with E-state index in [0.717, 1.165) is 29.8 Å². The molecule has 2 aliphatic carbocycles. The van der Waals surface area contributed by atoms with E-state index in [0.29, 0.717) is 0 Å². The van der Waals surface area contributed by atoms with Gasteiger partial charge in [-0.15, -0.1) is 0 Å². The van der Waals surface area contributed by atoms with Gasteiger partial charge < -0.3 is 5.32 Å². The molecule has 2 nitrogen and oxygen atoms in total. The summed E-state index contributed by atoms with van der Waals surface area (Å²) < 4.78 is 0. The molecule has 2 heteroatoms. The van der Waals surface area contributed by atoms with Crippen LogP contribution in [-0.2, 0) is 0 Å². The Hall–Kier alpha value is -0.0800. The van der Waals surface area contributed by atoms with Gasteiger partial charge in [0.1, 0.15) is 0 Å². The van der Waals surface area contributed by atoms with E-state index in [2.05, 4.69) is 38.0 Å². The van der Waals surface area contributed by atoms with E-state index in [9.17, 15) is 0 Å². The Bertz CT molecular complexity index is 271. The van der Waals surface area contributed by atoms with E-state index in [1.165, 1.54) is 58.0 Å². The molecular formula is C18H36N2. The maximum Gasteiger partial charge on any atom is 0.0105 e. The first-order valence-electron chi connectivity index (χ1n) is 9.01. The fourth-order valence-electron chi connectivity index (χ4n) is 4.49. The van der Waals surface area contributed by atoms with Crippen LogP contribution in [0.1, 0.15) is 65.7 Å². The van der Waals surface area contributed by atoms with Crippen molar-refractivity contribution in [1.29, 1.82) is 0 Å². The van der Waals surface area contributed by atoms with Crippen LogP contribution in [0.15, 0.2) is 0 Å². The van der Waals surface area contributed by atoms with Gasteiger partial charge in [-0.05, 0) is 56.9 Å². The molecule has 0 radical (unpaired) electrons. The van der Waals surface area contributed by atoms with Gasteiger partial charge in [0.15, 0.2) is 0 Å². The zero-order valence-electron chi connectivity index (χ0n) is 14.2. The van der Waals surface area contributed by atoms with Crippen molar-refractivity contribution in [1.82, 2.24) is 10.2 Å². The smallest absolute Gasteiger partial charge is 0.0105 e. The molecule has 2 aliphatic rings. The van der Waals surface area contributed by atoms with Crippen LogP contribution in [0.4, 0.5) is 0 Å². The SMILES string of the molecule is CNC1CCC(C)CC1CN(CC(C)C)C1CCCC1. The molecule has 1 N–H and O–H groups in total. The molecule has 0 bridgehead atoms. The van der Waals surface area contributed by atoms with Crippen molar-refractivity contribution in [3.63, 3.8) is 0 Å². The predicted molar refractivity (Wildman–Crippen MR) is 88.0 cm³/mol. The molecule has 2 rings (SSSR count). The highest BCUT2D eigenvalue weighted by Crippen LogP contribution is 2.32. The molecule has 0 saturated heterocycles. The minimum absolute atomic E-state index is 0.752. The lowest BCUT2D eigenvalue weighted by atomic mass is 9.78. The molecule has 118 valence electrons. The summed E-state index contributed by atoms with van der Waals surface area (Å²) >= 11 is 0. The second kappa shape index (κ2) is 7.79. The van der Waals surface area contributed by atoms with Crippen molar-refractivity contribution in [2.45, 2.75) is 77.8 Å².